The van der Waals surface area contributed by atoms with Gasteiger partial charge in [0.15, 0.2) is 5.96 Å². The van der Waals surface area contributed by atoms with Crippen molar-refractivity contribution in [1.82, 2.24) is 15.5 Å². The maximum Gasteiger partial charge on any atom is 0.222 e. The lowest BCUT2D eigenvalue weighted by Crippen LogP contribution is -2.38. The molecule has 0 unspecified atom stereocenters. The Kier molecular flexibility index (Phi) is 7.63. The van der Waals surface area contributed by atoms with Crippen molar-refractivity contribution < 1.29 is 13.6 Å². The summed E-state index contributed by atoms with van der Waals surface area (Å²) in [5.74, 6) is -0.201. The van der Waals surface area contributed by atoms with E-state index in [-0.39, 0.29) is 5.91 Å². The topological polar surface area (TPSA) is 56.7 Å². The zero-order valence-corrected chi connectivity index (χ0v) is 14.7. The first-order valence-corrected chi connectivity index (χ1v) is 8.84. The van der Waals surface area contributed by atoms with Gasteiger partial charge in [0.1, 0.15) is 11.6 Å². The number of halogens is 2. The number of amides is 1. The number of hydrogen-bond acceptors (Lipinski definition) is 2. The largest absolute Gasteiger partial charge is 0.357 e. The molecule has 0 spiro atoms. The lowest BCUT2D eigenvalue weighted by molar-refractivity contribution is -0.127. The number of benzene rings is 1. The molecule has 0 radical (unpaired) electrons. The summed E-state index contributed by atoms with van der Waals surface area (Å²) in [6, 6.07) is 3.62. The minimum atomic E-state index is -0.569. The molecule has 1 aromatic rings. The summed E-state index contributed by atoms with van der Waals surface area (Å²) < 4.78 is 26.5. The Morgan fingerprint density at radius 3 is 2.84 bits per heavy atom. The molecule has 1 aliphatic rings. The Bertz CT molecular complexity index is 607. The highest BCUT2D eigenvalue weighted by Crippen LogP contribution is 2.10. The highest BCUT2D eigenvalue weighted by atomic mass is 19.1. The third kappa shape index (κ3) is 6.32. The fourth-order valence-corrected chi connectivity index (χ4v) is 2.77. The van der Waals surface area contributed by atoms with E-state index < -0.39 is 11.6 Å². The molecular formula is C18H26F2N4O. The van der Waals surface area contributed by atoms with E-state index in [4.69, 9.17) is 0 Å². The van der Waals surface area contributed by atoms with Gasteiger partial charge in [0, 0.05) is 45.2 Å². The predicted octanol–water partition coefficient (Wildman–Crippen LogP) is 2.07. The van der Waals surface area contributed by atoms with E-state index in [9.17, 15) is 13.6 Å². The van der Waals surface area contributed by atoms with Crippen LogP contribution in [0.3, 0.4) is 0 Å². The van der Waals surface area contributed by atoms with Crippen molar-refractivity contribution in [3.63, 3.8) is 0 Å². The van der Waals surface area contributed by atoms with Crippen molar-refractivity contribution in [3.8, 4) is 0 Å². The van der Waals surface area contributed by atoms with Crippen LogP contribution in [0.5, 0.6) is 0 Å². The average molecular weight is 352 g/mol. The molecule has 0 aliphatic carbocycles. The van der Waals surface area contributed by atoms with Gasteiger partial charge in [-0.3, -0.25) is 9.79 Å². The Morgan fingerprint density at radius 1 is 1.32 bits per heavy atom. The van der Waals surface area contributed by atoms with Crippen molar-refractivity contribution >= 4 is 11.9 Å². The van der Waals surface area contributed by atoms with E-state index >= 15 is 0 Å². The number of carbonyl (C=O) groups is 1. The number of aliphatic imine (C=N–C) groups is 1. The molecule has 1 aromatic carbocycles. The average Bonchev–Trinajstić information content (AvgIpc) is 2.98. The Morgan fingerprint density at radius 2 is 2.16 bits per heavy atom. The van der Waals surface area contributed by atoms with E-state index in [2.05, 4.69) is 15.6 Å². The van der Waals surface area contributed by atoms with Crippen LogP contribution >= 0.6 is 0 Å². The van der Waals surface area contributed by atoms with Gasteiger partial charge < -0.3 is 15.5 Å². The molecule has 0 atom stereocenters. The quantitative estimate of drug-likeness (QED) is 0.428. The third-order valence-corrected chi connectivity index (χ3v) is 4.07. The van der Waals surface area contributed by atoms with E-state index in [0.29, 0.717) is 37.5 Å². The van der Waals surface area contributed by atoms with Crippen molar-refractivity contribution in [2.75, 3.05) is 32.7 Å². The number of nitrogens with one attached hydrogen (secondary N) is 2. The Hall–Kier alpha value is -2.18. The summed E-state index contributed by atoms with van der Waals surface area (Å²) in [4.78, 5) is 17.9. The fourth-order valence-electron chi connectivity index (χ4n) is 2.77. The molecule has 1 heterocycles. The van der Waals surface area contributed by atoms with Crippen molar-refractivity contribution in [2.45, 2.75) is 32.6 Å². The summed E-state index contributed by atoms with van der Waals surface area (Å²) in [6.07, 6.45) is 2.87. The number of carbonyl (C=O) groups excluding carboxylic acids is 1. The van der Waals surface area contributed by atoms with Crippen LogP contribution in [0.25, 0.3) is 0 Å². The molecule has 138 valence electrons. The molecule has 7 heteroatoms. The van der Waals surface area contributed by atoms with Gasteiger partial charge in [0.05, 0.1) is 0 Å². The van der Waals surface area contributed by atoms with E-state index in [1.165, 1.54) is 12.1 Å². The first-order valence-electron chi connectivity index (χ1n) is 8.84. The molecule has 0 saturated carbocycles. The number of likely N-dealkylation sites (tertiary alicyclic amines) is 1. The standard InChI is InChI=1S/C18H26F2N4O/c1-2-21-18(22-9-4-12-24-11-3-5-17(24)25)23-10-8-14-6-7-15(19)13-16(14)20/h6-7,13H,2-5,8-12H2,1H3,(H2,21,22,23). The lowest BCUT2D eigenvalue weighted by Gasteiger charge is -2.15. The molecular weight excluding hydrogens is 326 g/mol. The molecule has 2 rings (SSSR count). The van der Waals surface area contributed by atoms with Crippen molar-refractivity contribution in [3.05, 3.63) is 35.4 Å². The monoisotopic (exact) mass is 352 g/mol. The van der Waals surface area contributed by atoms with Crippen LogP contribution in [0.2, 0.25) is 0 Å². The van der Waals surface area contributed by atoms with Gasteiger partial charge in [-0.1, -0.05) is 6.07 Å². The van der Waals surface area contributed by atoms with Gasteiger partial charge in [-0.15, -0.1) is 0 Å². The van der Waals surface area contributed by atoms with Crippen LogP contribution in [-0.2, 0) is 11.2 Å². The highest BCUT2D eigenvalue weighted by Gasteiger charge is 2.18. The van der Waals surface area contributed by atoms with Crippen LogP contribution in [0.15, 0.2) is 23.2 Å². The first-order chi connectivity index (χ1) is 12.1. The smallest absolute Gasteiger partial charge is 0.222 e. The van der Waals surface area contributed by atoms with Gasteiger partial charge in [-0.05, 0) is 37.8 Å². The van der Waals surface area contributed by atoms with Gasteiger partial charge in [-0.25, -0.2) is 8.78 Å². The minimum Gasteiger partial charge on any atom is -0.357 e. The van der Waals surface area contributed by atoms with Gasteiger partial charge >= 0.3 is 0 Å². The van der Waals surface area contributed by atoms with Gasteiger partial charge in [0.25, 0.3) is 0 Å². The summed E-state index contributed by atoms with van der Waals surface area (Å²) in [7, 11) is 0. The van der Waals surface area contributed by atoms with Crippen LogP contribution < -0.4 is 10.6 Å². The molecule has 1 saturated heterocycles. The van der Waals surface area contributed by atoms with Crippen LogP contribution in [-0.4, -0.2) is 49.5 Å². The van der Waals surface area contributed by atoms with Crippen LogP contribution in [0.4, 0.5) is 8.78 Å². The summed E-state index contributed by atoms with van der Waals surface area (Å²) in [5, 5.41) is 6.28. The molecule has 2 N–H and O–H groups in total. The molecule has 1 fully saturated rings. The second kappa shape index (κ2) is 9.96. The zero-order valence-electron chi connectivity index (χ0n) is 14.7. The SMILES string of the molecule is CCNC(=NCCCN1CCCC1=O)NCCc1ccc(F)cc1F. The normalized spacial score (nSPS) is 14.9. The van der Waals surface area contributed by atoms with E-state index in [1.54, 1.807) is 0 Å². The Labute approximate surface area is 147 Å². The lowest BCUT2D eigenvalue weighted by atomic mass is 10.1. The number of guanidine groups is 1. The maximum atomic E-state index is 13.6. The van der Waals surface area contributed by atoms with Crippen molar-refractivity contribution in [1.29, 1.82) is 0 Å². The summed E-state index contributed by atoms with van der Waals surface area (Å²) >= 11 is 0. The summed E-state index contributed by atoms with van der Waals surface area (Å²) in [5.41, 5.74) is 0.470. The second-order valence-corrected chi connectivity index (χ2v) is 6.01. The van der Waals surface area contributed by atoms with E-state index in [1.807, 2.05) is 11.8 Å². The first kappa shape index (κ1) is 19.1. The third-order valence-electron chi connectivity index (χ3n) is 4.07. The number of nitrogens with zero attached hydrogens (tertiary/aromatic N) is 2. The summed E-state index contributed by atoms with van der Waals surface area (Å²) in [6.45, 7) is 5.40. The zero-order chi connectivity index (χ0) is 18.1. The van der Waals surface area contributed by atoms with E-state index in [0.717, 1.165) is 38.5 Å². The molecule has 0 aromatic heterocycles. The molecule has 0 bridgehead atoms. The maximum absolute atomic E-state index is 13.6. The van der Waals surface area contributed by atoms with Crippen LogP contribution in [0, 0.1) is 11.6 Å². The molecule has 1 amide bonds. The number of hydrogen-bond donors (Lipinski definition) is 2. The van der Waals surface area contributed by atoms with Crippen LogP contribution in [0.1, 0.15) is 31.7 Å². The molecule has 1 aliphatic heterocycles. The highest BCUT2D eigenvalue weighted by molar-refractivity contribution is 5.79. The van der Waals surface area contributed by atoms with Gasteiger partial charge in [0.2, 0.25) is 5.91 Å². The Balaban J connectivity index is 1.74. The second-order valence-electron chi connectivity index (χ2n) is 6.01. The number of rotatable bonds is 8. The molecule has 25 heavy (non-hydrogen) atoms. The van der Waals surface area contributed by atoms with Crippen molar-refractivity contribution in [2.24, 2.45) is 4.99 Å². The fraction of sp³-hybridized carbons (Fsp3) is 0.556. The molecule has 5 nitrogen and oxygen atoms in total. The predicted molar refractivity (Wildman–Crippen MR) is 94.5 cm³/mol. The minimum absolute atomic E-state index is 0.232. The van der Waals surface area contributed by atoms with Gasteiger partial charge in [-0.2, -0.15) is 0 Å².